The van der Waals surface area contributed by atoms with Gasteiger partial charge in [-0.15, -0.1) is 0 Å². The zero-order valence-corrected chi connectivity index (χ0v) is 24.9. The fraction of sp³-hybridized carbons (Fsp3) is 0.286. The van der Waals surface area contributed by atoms with Crippen molar-refractivity contribution < 1.29 is 18.0 Å². The standard InChI is InChI=1S/C28H30Cl3N3O4S/c1-19(2)32-28(36)26(16-20-8-5-4-6-9-20)34(17-23-24(30)10-7-11-25(23)31)27(35)18-33(3)39(37,38)22-14-12-21(29)13-15-22/h4-15,19,26H,16-18H2,1-3H3,(H,32,36). The lowest BCUT2D eigenvalue weighted by Crippen LogP contribution is -2.54. The van der Waals surface area contributed by atoms with E-state index in [1.165, 1.54) is 36.2 Å². The molecule has 0 radical (unpaired) electrons. The maximum atomic E-state index is 13.9. The maximum absolute atomic E-state index is 13.9. The number of rotatable bonds is 11. The molecule has 0 fully saturated rings. The molecule has 1 atom stereocenters. The summed E-state index contributed by atoms with van der Waals surface area (Å²) in [7, 11) is -2.71. The number of nitrogens with one attached hydrogen (secondary N) is 1. The minimum atomic E-state index is -4.02. The molecular formula is C28H30Cl3N3O4S. The lowest BCUT2D eigenvalue weighted by atomic mass is 10.0. The quantitative estimate of drug-likeness (QED) is 0.314. The summed E-state index contributed by atoms with van der Waals surface area (Å²) in [6, 6.07) is 18.7. The zero-order chi connectivity index (χ0) is 28.7. The highest BCUT2D eigenvalue weighted by atomic mass is 35.5. The lowest BCUT2D eigenvalue weighted by Gasteiger charge is -2.33. The average Bonchev–Trinajstić information content (AvgIpc) is 2.88. The van der Waals surface area contributed by atoms with Crippen LogP contribution in [0.4, 0.5) is 0 Å². The third-order valence-electron chi connectivity index (χ3n) is 5.97. The minimum absolute atomic E-state index is 0.0127. The van der Waals surface area contributed by atoms with E-state index in [9.17, 15) is 18.0 Å². The fourth-order valence-corrected chi connectivity index (χ4v) is 5.70. The molecule has 0 aromatic heterocycles. The predicted molar refractivity (Wildman–Crippen MR) is 155 cm³/mol. The normalized spacial score (nSPS) is 12.4. The van der Waals surface area contributed by atoms with Crippen LogP contribution in [0.1, 0.15) is 25.0 Å². The SMILES string of the molecule is CC(C)NC(=O)C(Cc1ccccc1)N(Cc1c(Cl)cccc1Cl)C(=O)CN(C)S(=O)(=O)c1ccc(Cl)cc1. The van der Waals surface area contributed by atoms with Gasteiger partial charge in [0.15, 0.2) is 0 Å². The van der Waals surface area contributed by atoms with Crippen molar-refractivity contribution in [1.29, 1.82) is 0 Å². The first kappa shape index (κ1) is 30.9. The summed E-state index contributed by atoms with van der Waals surface area (Å²) in [5.74, 6) is -0.973. The van der Waals surface area contributed by atoms with Gasteiger partial charge < -0.3 is 10.2 Å². The van der Waals surface area contributed by atoms with Gasteiger partial charge >= 0.3 is 0 Å². The number of halogens is 3. The molecule has 0 aliphatic heterocycles. The van der Waals surface area contributed by atoms with E-state index in [4.69, 9.17) is 34.8 Å². The van der Waals surface area contributed by atoms with Gasteiger partial charge in [-0.05, 0) is 55.8 Å². The Bertz CT molecular complexity index is 1380. The van der Waals surface area contributed by atoms with Crippen LogP contribution in [0, 0.1) is 0 Å². The van der Waals surface area contributed by atoms with Crippen LogP contribution in [0.2, 0.25) is 15.1 Å². The Balaban J connectivity index is 2.02. The van der Waals surface area contributed by atoms with Crippen LogP contribution in [0.25, 0.3) is 0 Å². The summed E-state index contributed by atoms with van der Waals surface area (Å²) in [5.41, 5.74) is 1.28. The molecule has 0 heterocycles. The fourth-order valence-electron chi connectivity index (χ4n) is 3.94. The number of amides is 2. The predicted octanol–water partition coefficient (Wildman–Crippen LogP) is 5.43. The Morgan fingerprint density at radius 2 is 1.46 bits per heavy atom. The average molecular weight is 611 g/mol. The van der Waals surface area contributed by atoms with Gasteiger partial charge in [-0.25, -0.2) is 8.42 Å². The first-order valence-corrected chi connectivity index (χ1v) is 14.8. The number of carbonyl (C=O) groups excluding carboxylic acids is 2. The van der Waals surface area contributed by atoms with Crippen LogP contribution in [0.3, 0.4) is 0 Å². The summed E-state index contributed by atoms with van der Waals surface area (Å²) in [6.45, 7) is 3.02. The van der Waals surface area contributed by atoms with E-state index >= 15 is 0 Å². The number of sulfonamides is 1. The molecule has 0 bridgehead atoms. The maximum Gasteiger partial charge on any atom is 0.243 e. The monoisotopic (exact) mass is 609 g/mol. The third kappa shape index (κ3) is 8.19. The number of hydrogen-bond donors (Lipinski definition) is 1. The van der Waals surface area contributed by atoms with E-state index in [0.29, 0.717) is 20.6 Å². The molecule has 1 N–H and O–H groups in total. The molecule has 7 nitrogen and oxygen atoms in total. The molecule has 1 unspecified atom stereocenters. The van der Waals surface area contributed by atoms with Crippen LogP contribution < -0.4 is 5.32 Å². The van der Waals surface area contributed by atoms with Crippen molar-refractivity contribution in [2.45, 2.75) is 43.8 Å². The molecule has 11 heteroatoms. The van der Waals surface area contributed by atoms with E-state index in [2.05, 4.69) is 5.32 Å². The topological polar surface area (TPSA) is 86.8 Å². The highest BCUT2D eigenvalue weighted by Gasteiger charge is 2.34. The van der Waals surface area contributed by atoms with Crippen molar-refractivity contribution >= 4 is 56.6 Å². The second-order valence-electron chi connectivity index (χ2n) is 9.31. The second kappa shape index (κ2) is 13.6. The molecule has 3 aromatic rings. The molecule has 0 saturated carbocycles. The van der Waals surface area contributed by atoms with E-state index in [1.807, 2.05) is 44.2 Å². The summed E-state index contributed by atoms with van der Waals surface area (Å²) in [6.07, 6.45) is 0.195. The Morgan fingerprint density at radius 3 is 2.03 bits per heavy atom. The van der Waals surface area contributed by atoms with E-state index in [0.717, 1.165) is 9.87 Å². The highest BCUT2D eigenvalue weighted by molar-refractivity contribution is 7.89. The molecule has 208 valence electrons. The minimum Gasteiger partial charge on any atom is -0.352 e. The largest absolute Gasteiger partial charge is 0.352 e. The third-order valence-corrected chi connectivity index (χ3v) is 8.75. The lowest BCUT2D eigenvalue weighted by molar-refractivity contribution is -0.141. The molecule has 3 aromatic carbocycles. The van der Waals surface area contributed by atoms with Gasteiger partial charge in [-0.1, -0.05) is 71.2 Å². The van der Waals surface area contributed by atoms with Crippen LogP contribution in [-0.4, -0.2) is 55.1 Å². The molecule has 0 saturated heterocycles. The molecule has 2 amide bonds. The van der Waals surface area contributed by atoms with Crippen molar-refractivity contribution in [3.63, 3.8) is 0 Å². The molecule has 39 heavy (non-hydrogen) atoms. The summed E-state index contributed by atoms with van der Waals surface area (Å²) in [5, 5.41) is 3.92. The Hall–Kier alpha value is -2.62. The first-order valence-electron chi connectivity index (χ1n) is 12.2. The summed E-state index contributed by atoms with van der Waals surface area (Å²) >= 11 is 18.8. The van der Waals surface area contributed by atoms with Gasteiger partial charge in [-0.2, -0.15) is 4.31 Å². The van der Waals surface area contributed by atoms with Gasteiger partial charge in [0.25, 0.3) is 0 Å². The van der Waals surface area contributed by atoms with Crippen molar-refractivity contribution in [3.05, 3.63) is 99.0 Å². The molecule has 0 aliphatic carbocycles. The van der Waals surface area contributed by atoms with E-state index in [-0.39, 0.29) is 29.8 Å². The van der Waals surface area contributed by atoms with Crippen LogP contribution >= 0.6 is 34.8 Å². The van der Waals surface area contributed by atoms with Gasteiger partial charge in [0.1, 0.15) is 6.04 Å². The number of nitrogens with zero attached hydrogens (tertiary/aromatic N) is 2. The van der Waals surface area contributed by atoms with E-state index in [1.54, 1.807) is 18.2 Å². The summed E-state index contributed by atoms with van der Waals surface area (Å²) < 4.78 is 27.3. The summed E-state index contributed by atoms with van der Waals surface area (Å²) in [4.78, 5) is 28.7. The number of benzene rings is 3. The number of hydrogen-bond acceptors (Lipinski definition) is 4. The van der Waals surface area contributed by atoms with Gasteiger partial charge in [0, 0.05) is 46.7 Å². The van der Waals surface area contributed by atoms with E-state index < -0.39 is 28.5 Å². The van der Waals surface area contributed by atoms with Crippen molar-refractivity contribution in [2.75, 3.05) is 13.6 Å². The van der Waals surface area contributed by atoms with Crippen LogP contribution in [0.15, 0.2) is 77.7 Å². The smallest absolute Gasteiger partial charge is 0.243 e. The van der Waals surface area contributed by atoms with Gasteiger partial charge in [-0.3, -0.25) is 9.59 Å². The van der Waals surface area contributed by atoms with Crippen LogP contribution in [-0.2, 0) is 32.6 Å². The van der Waals surface area contributed by atoms with Crippen molar-refractivity contribution in [1.82, 2.24) is 14.5 Å². The number of likely N-dealkylation sites (N-methyl/N-ethyl adjacent to an activating group) is 1. The Morgan fingerprint density at radius 1 is 0.872 bits per heavy atom. The van der Waals surface area contributed by atoms with Crippen LogP contribution in [0.5, 0.6) is 0 Å². The first-order chi connectivity index (χ1) is 18.4. The van der Waals surface area contributed by atoms with Crippen molar-refractivity contribution in [3.8, 4) is 0 Å². The zero-order valence-electron chi connectivity index (χ0n) is 21.8. The Labute approximate surface area is 244 Å². The molecule has 0 aliphatic rings. The molecule has 3 rings (SSSR count). The number of carbonyl (C=O) groups is 2. The molecule has 0 spiro atoms. The molecular weight excluding hydrogens is 581 g/mol. The van der Waals surface area contributed by atoms with Gasteiger partial charge in [0.05, 0.1) is 11.4 Å². The van der Waals surface area contributed by atoms with Gasteiger partial charge in [0.2, 0.25) is 21.8 Å². The highest BCUT2D eigenvalue weighted by Crippen LogP contribution is 2.27. The van der Waals surface area contributed by atoms with Crippen molar-refractivity contribution in [2.24, 2.45) is 0 Å². The Kier molecular flexibility index (Phi) is 10.8. The second-order valence-corrected chi connectivity index (χ2v) is 12.6.